The van der Waals surface area contributed by atoms with Crippen LogP contribution in [0, 0.1) is 0 Å². The summed E-state index contributed by atoms with van der Waals surface area (Å²) < 4.78 is 0. The molecule has 42 valence electrons. The van der Waals surface area contributed by atoms with Crippen molar-refractivity contribution in [3.8, 4) is 0 Å². The molecule has 0 aliphatic heterocycles. The molecule has 0 saturated heterocycles. The molecule has 0 rings (SSSR count). The molecule has 3 nitrogen and oxygen atoms in total. The van der Waals surface area contributed by atoms with Crippen LogP contribution in [0.15, 0.2) is 0 Å². The zero-order valence-electron chi connectivity index (χ0n) is 7.22. The Kier molecular flexibility index (Phi) is 445. The molecule has 0 aliphatic rings. The molecule has 0 heterocycles. The summed E-state index contributed by atoms with van der Waals surface area (Å²) in [5.41, 5.74) is 0. The summed E-state index contributed by atoms with van der Waals surface area (Å²) >= 11 is 0. The van der Waals surface area contributed by atoms with Gasteiger partial charge < -0.3 is 14.4 Å². The molecule has 0 saturated carbocycles. The molecule has 0 atom stereocenters. The zero-order valence-corrected chi connectivity index (χ0v) is 19.2. The summed E-state index contributed by atoms with van der Waals surface area (Å²) in [4.78, 5) is 25.2. The van der Waals surface area contributed by atoms with Gasteiger partial charge in [0.2, 0.25) is 0 Å². The third-order valence-corrected chi connectivity index (χ3v) is 0. The maximum absolute atomic E-state index is 8.39. The fourth-order valence-electron chi connectivity index (χ4n) is 0. The van der Waals surface area contributed by atoms with E-state index in [2.05, 4.69) is 0 Å². The maximum atomic E-state index is 8.39. The monoisotopic (exact) mass is 210 g/mol. The molecule has 9 heavy (non-hydrogen) atoms. The maximum Gasteiger partial charge on any atom is 1.00 e. The summed E-state index contributed by atoms with van der Waals surface area (Å²) in [5, 5.41) is 0. The molecule has 0 aromatic rings. The molecule has 0 aliphatic carbocycles. The van der Waals surface area contributed by atoms with E-state index in [1.54, 1.807) is 0 Å². The first-order chi connectivity index (χ1) is 3.00. The summed E-state index contributed by atoms with van der Waals surface area (Å²) in [6.07, 6.45) is 0. The SMILES string of the molecule is [Na+].[Na+].[Na+].[O-][SiH3].[O-][SiH3].[O-][SiH3]. The third kappa shape index (κ3) is 84.0. The molecular weight excluding hydrogens is 201 g/mol. The van der Waals surface area contributed by atoms with E-state index in [9.17, 15) is 0 Å². The third-order valence-electron chi connectivity index (χ3n) is 0. The van der Waals surface area contributed by atoms with Gasteiger partial charge in [0, 0.05) is 0 Å². The molecule has 0 spiro atoms. The van der Waals surface area contributed by atoms with Crippen LogP contribution in [0.5, 0.6) is 0 Å². The van der Waals surface area contributed by atoms with E-state index in [1.807, 2.05) is 0 Å². The van der Waals surface area contributed by atoms with Gasteiger partial charge in [-0.1, -0.05) is 31.5 Å². The Balaban J connectivity index is -0.00000000321. The Morgan fingerprint density at radius 2 is 0.444 bits per heavy atom. The van der Waals surface area contributed by atoms with Gasteiger partial charge in [0.25, 0.3) is 0 Å². The summed E-state index contributed by atoms with van der Waals surface area (Å²) in [5.74, 6) is 0. The van der Waals surface area contributed by atoms with Crippen molar-refractivity contribution in [2.45, 2.75) is 0 Å². The normalized spacial score (nSPS) is 3.00. The Morgan fingerprint density at radius 1 is 0.444 bits per heavy atom. The summed E-state index contributed by atoms with van der Waals surface area (Å²) in [6.45, 7) is 0. The van der Waals surface area contributed by atoms with Gasteiger partial charge in [0.15, 0.2) is 0 Å². The molecule has 0 amide bonds. The van der Waals surface area contributed by atoms with Crippen molar-refractivity contribution in [2.24, 2.45) is 0 Å². The number of rotatable bonds is 0. The molecule has 9 heteroatoms. The van der Waals surface area contributed by atoms with Gasteiger partial charge >= 0.3 is 88.7 Å². The van der Waals surface area contributed by atoms with Crippen LogP contribution in [0.2, 0.25) is 0 Å². The minimum Gasteiger partial charge on any atom is -0.865 e. The number of hydrogen-bond acceptors (Lipinski definition) is 3. The van der Waals surface area contributed by atoms with E-state index in [0.29, 0.717) is 0 Å². The van der Waals surface area contributed by atoms with Gasteiger partial charge in [0.1, 0.15) is 0 Å². The van der Waals surface area contributed by atoms with Crippen LogP contribution < -0.4 is 103 Å². The minimum atomic E-state index is 0. The van der Waals surface area contributed by atoms with Gasteiger partial charge in [0.05, 0.1) is 0 Å². The van der Waals surface area contributed by atoms with Crippen LogP contribution in [-0.2, 0) is 0 Å². The number of hydrogen-bond donors (Lipinski definition) is 0. The van der Waals surface area contributed by atoms with Crippen LogP contribution in [-0.4, -0.2) is 31.5 Å². The Labute approximate surface area is 132 Å². The average Bonchev–Trinajstić information content (AvgIpc) is 1.81. The van der Waals surface area contributed by atoms with Crippen LogP contribution in [0.1, 0.15) is 0 Å². The van der Waals surface area contributed by atoms with Crippen LogP contribution in [0.25, 0.3) is 0 Å². The molecule has 0 radical (unpaired) electrons. The van der Waals surface area contributed by atoms with Crippen molar-refractivity contribution in [2.75, 3.05) is 0 Å². The van der Waals surface area contributed by atoms with Crippen molar-refractivity contribution in [1.29, 1.82) is 0 Å². The van der Waals surface area contributed by atoms with Gasteiger partial charge in [-0.05, 0) is 0 Å². The van der Waals surface area contributed by atoms with Crippen molar-refractivity contribution < 1.29 is 103 Å². The van der Waals surface area contributed by atoms with Gasteiger partial charge in [-0.2, -0.15) is 0 Å². The molecule has 0 N–H and O–H groups in total. The van der Waals surface area contributed by atoms with Gasteiger partial charge in [-0.3, -0.25) is 0 Å². The van der Waals surface area contributed by atoms with Crippen molar-refractivity contribution >= 4 is 31.5 Å². The second-order valence-corrected chi connectivity index (χ2v) is 0. The van der Waals surface area contributed by atoms with Crippen molar-refractivity contribution in [1.82, 2.24) is 0 Å². The Hall–Kier alpha value is 3.53. The van der Waals surface area contributed by atoms with Crippen LogP contribution in [0.4, 0.5) is 0 Å². The first-order valence-corrected chi connectivity index (χ1v) is 3.67. The molecular formula is H9Na3O3Si3. The van der Waals surface area contributed by atoms with E-state index in [-0.39, 0.29) is 120 Å². The van der Waals surface area contributed by atoms with E-state index in [0.717, 1.165) is 0 Å². The predicted octanol–water partition coefficient (Wildman–Crippen LogP) is -16.1. The zero-order chi connectivity index (χ0) is 6.00. The first-order valence-electron chi connectivity index (χ1n) is 1.22. The smallest absolute Gasteiger partial charge is 0.865 e. The van der Waals surface area contributed by atoms with Gasteiger partial charge in [-0.15, -0.1) is 0 Å². The van der Waals surface area contributed by atoms with E-state index in [4.69, 9.17) is 14.4 Å². The second-order valence-electron chi connectivity index (χ2n) is 0. The fourth-order valence-corrected chi connectivity index (χ4v) is 0. The minimum absolute atomic E-state index is 0. The van der Waals surface area contributed by atoms with Crippen molar-refractivity contribution in [3.05, 3.63) is 0 Å². The standard InChI is InChI=1S/3Na.3H3OSi/c;;;3*1-2/h;;;3*2H3/q3*+1;3*-1. The van der Waals surface area contributed by atoms with Crippen molar-refractivity contribution in [3.63, 3.8) is 0 Å². The van der Waals surface area contributed by atoms with Crippen LogP contribution in [0.3, 0.4) is 0 Å². The molecule has 0 unspecified atom stereocenters. The van der Waals surface area contributed by atoms with E-state index in [1.165, 1.54) is 0 Å². The topological polar surface area (TPSA) is 69.2 Å². The first kappa shape index (κ1) is 39.1. The largest absolute Gasteiger partial charge is 1.00 e. The molecule has 0 bridgehead atoms. The summed E-state index contributed by atoms with van der Waals surface area (Å²) in [6, 6.07) is 0. The second kappa shape index (κ2) is 103. The van der Waals surface area contributed by atoms with Gasteiger partial charge in [-0.25, -0.2) is 0 Å². The molecule has 0 fully saturated rings. The van der Waals surface area contributed by atoms with E-state index < -0.39 is 0 Å². The van der Waals surface area contributed by atoms with Crippen LogP contribution >= 0.6 is 0 Å². The molecule has 0 aromatic carbocycles. The van der Waals surface area contributed by atoms with E-state index >= 15 is 0 Å². The average molecular weight is 210 g/mol. The Morgan fingerprint density at radius 3 is 0.444 bits per heavy atom. The Bertz CT molecular complexity index is 14.3. The predicted molar refractivity (Wildman–Crippen MR) is 29.8 cm³/mol. The summed E-state index contributed by atoms with van der Waals surface area (Å²) in [7, 11) is 0.167. The molecule has 0 aromatic heterocycles. The fraction of sp³-hybridized carbons (Fsp3) is 0. The quantitative estimate of drug-likeness (QED) is 0.373.